The number of nitrogens with one attached hydrogen (secondary N) is 1. The number of alkyl halides is 2. The molecule has 0 aliphatic carbocycles. The van der Waals surface area contributed by atoms with E-state index in [0.29, 0.717) is 24.0 Å². The first-order valence-corrected chi connectivity index (χ1v) is 9.90. The van der Waals surface area contributed by atoms with Gasteiger partial charge in [0.15, 0.2) is 0 Å². The van der Waals surface area contributed by atoms with E-state index in [1.54, 1.807) is 12.1 Å². The maximum absolute atomic E-state index is 13.0. The Morgan fingerprint density at radius 1 is 1.21 bits per heavy atom. The molecule has 2 atom stereocenters. The molecule has 1 amide bonds. The molecule has 3 heterocycles. The average Bonchev–Trinajstić information content (AvgIpc) is 3.07. The third-order valence-electron chi connectivity index (χ3n) is 5.39. The van der Waals surface area contributed by atoms with Crippen LogP contribution in [0.1, 0.15) is 66.1 Å². The third-order valence-corrected chi connectivity index (χ3v) is 5.39. The van der Waals surface area contributed by atoms with Gasteiger partial charge < -0.3 is 14.6 Å². The number of aryl methyl sites for hydroxylation is 1. The summed E-state index contributed by atoms with van der Waals surface area (Å²) in [4.78, 5) is 17.5. The summed E-state index contributed by atoms with van der Waals surface area (Å²) in [5, 5.41) is 3.01. The van der Waals surface area contributed by atoms with Crippen molar-refractivity contribution in [2.45, 2.75) is 52.3 Å². The molecule has 0 saturated carbocycles. The summed E-state index contributed by atoms with van der Waals surface area (Å²) in [5.41, 5.74) is 3.73. The molecule has 0 fully saturated rings. The Balaban J connectivity index is 0.000000994. The van der Waals surface area contributed by atoms with Crippen LogP contribution in [0, 0.1) is 6.92 Å². The molecule has 2 bridgehead atoms. The molecule has 0 saturated heterocycles. The predicted octanol–water partition coefficient (Wildman–Crippen LogP) is 5.14. The number of rotatable bonds is 2. The summed E-state index contributed by atoms with van der Waals surface area (Å²) >= 11 is 0. The summed E-state index contributed by atoms with van der Waals surface area (Å²) in [7, 11) is 0. The lowest BCUT2D eigenvalue weighted by atomic mass is 9.88. The Morgan fingerprint density at radius 2 is 2.00 bits per heavy atom. The fourth-order valence-corrected chi connectivity index (χ4v) is 4.31. The second kappa shape index (κ2) is 7.46. The van der Waals surface area contributed by atoms with Gasteiger partial charge in [-0.1, -0.05) is 26.0 Å². The maximum atomic E-state index is 13.0. The van der Waals surface area contributed by atoms with Gasteiger partial charge in [-0.25, -0.2) is 4.98 Å². The molecule has 1 N–H and O–H groups in total. The Labute approximate surface area is 167 Å². The second-order valence-electron chi connectivity index (χ2n) is 7.05. The Morgan fingerprint density at radius 3 is 2.76 bits per heavy atom. The van der Waals surface area contributed by atoms with Crippen molar-refractivity contribution in [3.05, 3.63) is 58.9 Å². The van der Waals surface area contributed by atoms with Gasteiger partial charge in [0.25, 0.3) is 5.91 Å². The zero-order valence-corrected chi connectivity index (χ0v) is 16.6. The van der Waals surface area contributed by atoms with Gasteiger partial charge in [0.05, 0.1) is 23.1 Å². The molecule has 1 aromatic heterocycles. The molecule has 152 valence electrons. The lowest BCUT2D eigenvalue weighted by Crippen LogP contribution is -2.39. The largest absolute Gasteiger partial charge is 0.434 e. The van der Waals surface area contributed by atoms with Gasteiger partial charge in [0.1, 0.15) is 11.6 Å². The Bertz CT molecular complexity index is 1080. The van der Waals surface area contributed by atoms with Crippen LogP contribution in [0.15, 0.2) is 36.4 Å². The molecule has 0 radical (unpaired) electrons. The van der Waals surface area contributed by atoms with E-state index in [0.717, 1.165) is 22.4 Å². The van der Waals surface area contributed by atoms with E-state index in [9.17, 15) is 13.6 Å². The van der Waals surface area contributed by atoms with Crippen LogP contribution in [0.2, 0.25) is 0 Å². The van der Waals surface area contributed by atoms with Crippen LogP contribution in [0.5, 0.6) is 5.75 Å². The van der Waals surface area contributed by atoms with Crippen molar-refractivity contribution < 1.29 is 18.3 Å². The summed E-state index contributed by atoms with van der Waals surface area (Å²) in [5.74, 6) is 0.523. The van der Waals surface area contributed by atoms with Crippen molar-refractivity contribution in [2.24, 2.45) is 0 Å². The number of amides is 1. The summed E-state index contributed by atoms with van der Waals surface area (Å²) < 4.78 is 32.9. The van der Waals surface area contributed by atoms with E-state index in [1.165, 1.54) is 6.07 Å². The highest BCUT2D eigenvalue weighted by Crippen LogP contribution is 2.45. The van der Waals surface area contributed by atoms with Crippen molar-refractivity contribution >= 4 is 16.9 Å². The van der Waals surface area contributed by atoms with Gasteiger partial charge in [-0.05, 0) is 49.6 Å². The number of aromatic nitrogens is 2. The number of nitrogens with zero attached hydrogens (tertiary/aromatic N) is 2. The smallest absolute Gasteiger partial charge is 0.387 e. The Hall–Kier alpha value is -2.96. The molecule has 7 heteroatoms. The van der Waals surface area contributed by atoms with Crippen LogP contribution in [0.4, 0.5) is 8.78 Å². The molecule has 5 rings (SSSR count). The van der Waals surface area contributed by atoms with Crippen LogP contribution < -0.4 is 10.1 Å². The summed E-state index contributed by atoms with van der Waals surface area (Å²) in [6.07, 6.45) is 1.40. The zero-order valence-electron chi connectivity index (χ0n) is 16.6. The Kier molecular flexibility index (Phi) is 4.98. The first-order valence-electron chi connectivity index (χ1n) is 9.90. The minimum Gasteiger partial charge on any atom is -0.434 e. The molecule has 2 aliphatic rings. The van der Waals surface area contributed by atoms with Crippen LogP contribution in [0.25, 0.3) is 11.0 Å². The molecule has 0 spiro atoms. The standard InChI is InChI=1S/C20H17F2N3O2.C2H6/c1-10-5-6-12-15(9-10)25-14-8-7-13(18(25)23-12)24-19(26)11-3-2-4-16(17(11)14)27-20(21)22;1-2/h2-6,9,13-14,20H,7-8H2,1H3,(H,24,26);1-2H3/t13-,14-;/m1./s1. The van der Waals surface area contributed by atoms with E-state index < -0.39 is 6.61 Å². The van der Waals surface area contributed by atoms with Gasteiger partial charge in [-0.3, -0.25) is 4.79 Å². The lowest BCUT2D eigenvalue weighted by molar-refractivity contribution is -0.0508. The van der Waals surface area contributed by atoms with Crippen molar-refractivity contribution in [1.82, 2.24) is 14.9 Å². The van der Waals surface area contributed by atoms with Crippen LogP contribution in [-0.2, 0) is 0 Å². The number of halogens is 2. The SMILES string of the molecule is CC.Cc1ccc2nc3n(c2c1)[C@@H]1CC[C@H]3NC(=O)c2cccc(OC(F)F)c21. The fraction of sp³-hybridized carbons (Fsp3) is 0.364. The minimum absolute atomic E-state index is 0.0449. The summed E-state index contributed by atoms with van der Waals surface area (Å²) in [6, 6.07) is 10.2. The minimum atomic E-state index is -2.96. The molecule has 2 aromatic carbocycles. The number of fused-ring (bicyclic) bond motifs is 10. The molecule has 29 heavy (non-hydrogen) atoms. The van der Waals surface area contributed by atoms with Crippen molar-refractivity contribution in [3.63, 3.8) is 0 Å². The van der Waals surface area contributed by atoms with Gasteiger partial charge >= 0.3 is 6.61 Å². The van der Waals surface area contributed by atoms with Crippen molar-refractivity contribution in [2.75, 3.05) is 0 Å². The zero-order chi connectivity index (χ0) is 20.7. The molecule has 3 aromatic rings. The number of benzene rings is 2. The van der Waals surface area contributed by atoms with E-state index >= 15 is 0 Å². The highest BCUT2D eigenvalue weighted by molar-refractivity contribution is 5.97. The quantitative estimate of drug-likeness (QED) is 0.649. The van der Waals surface area contributed by atoms with E-state index in [2.05, 4.69) is 9.88 Å². The predicted molar refractivity (Wildman–Crippen MR) is 106 cm³/mol. The van der Waals surface area contributed by atoms with Gasteiger partial charge in [0.2, 0.25) is 0 Å². The van der Waals surface area contributed by atoms with Crippen molar-refractivity contribution in [1.29, 1.82) is 0 Å². The molecular formula is C22H23F2N3O2. The van der Waals surface area contributed by atoms with E-state index in [-0.39, 0.29) is 23.7 Å². The molecule has 2 aliphatic heterocycles. The van der Waals surface area contributed by atoms with Crippen LogP contribution in [-0.4, -0.2) is 22.1 Å². The number of ether oxygens (including phenoxy) is 1. The first-order chi connectivity index (χ1) is 14.0. The van der Waals surface area contributed by atoms with Gasteiger partial charge in [-0.2, -0.15) is 8.78 Å². The fourth-order valence-electron chi connectivity index (χ4n) is 4.31. The van der Waals surface area contributed by atoms with Gasteiger partial charge in [-0.15, -0.1) is 0 Å². The lowest BCUT2D eigenvalue weighted by Gasteiger charge is -2.36. The first kappa shape index (κ1) is 19.4. The van der Waals surface area contributed by atoms with E-state index in [4.69, 9.17) is 9.72 Å². The number of carbonyl (C=O) groups excluding carboxylic acids is 1. The highest BCUT2D eigenvalue weighted by Gasteiger charge is 2.38. The highest BCUT2D eigenvalue weighted by atomic mass is 19.3. The second-order valence-corrected chi connectivity index (χ2v) is 7.05. The summed E-state index contributed by atoms with van der Waals surface area (Å²) in [6.45, 7) is 3.05. The number of imidazole rings is 1. The normalized spacial score (nSPS) is 19.6. The maximum Gasteiger partial charge on any atom is 0.387 e. The average molecular weight is 399 g/mol. The number of hydrogen-bond donors (Lipinski definition) is 1. The molecular weight excluding hydrogens is 376 g/mol. The van der Waals surface area contributed by atoms with E-state index in [1.807, 2.05) is 39.0 Å². The molecule has 5 nitrogen and oxygen atoms in total. The number of hydrogen-bond acceptors (Lipinski definition) is 3. The van der Waals surface area contributed by atoms with Crippen LogP contribution in [0.3, 0.4) is 0 Å². The van der Waals surface area contributed by atoms with Crippen LogP contribution >= 0.6 is 0 Å². The topological polar surface area (TPSA) is 56.2 Å². The number of carbonyl (C=O) groups is 1. The van der Waals surface area contributed by atoms with Gasteiger partial charge in [0, 0.05) is 11.1 Å². The third kappa shape index (κ3) is 3.14. The molecule has 0 unspecified atom stereocenters. The van der Waals surface area contributed by atoms with Crippen molar-refractivity contribution in [3.8, 4) is 5.75 Å². The monoisotopic (exact) mass is 399 g/mol.